The zero-order valence-electron chi connectivity index (χ0n) is 17.7. The molecule has 1 aliphatic rings. The summed E-state index contributed by atoms with van der Waals surface area (Å²) < 4.78 is 11.6. The molecule has 0 saturated carbocycles. The summed E-state index contributed by atoms with van der Waals surface area (Å²) in [6.45, 7) is 1.54. The number of benzene rings is 1. The van der Waals surface area contributed by atoms with Gasteiger partial charge in [-0.3, -0.25) is 4.79 Å². The van der Waals surface area contributed by atoms with Crippen LogP contribution in [-0.2, 0) is 11.2 Å². The minimum absolute atomic E-state index is 0.0449. The van der Waals surface area contributed by atoms with Gasteiger partial charge in [0.05, 0.1) is 11.9 Å². The molecule has 0 bridgehead atoms. The van der Waals surface area contributed by atoms with E-state index in [0.29, 0.717) is 23.1 Å². The van der Waals surface area contributed by atoms with E-state index >= 15 is 0 Å². The van der Waals surface area contributed by atoms with E-state index in [-0.39, 0.29) is 5.91 Å². The fourth-order valence-electron chi connectivity index (χ4n) is 3.48. The van der Waals surface area contributed by atoms with E-state index in [2.05, 4.69) is 21.4 Å². The summed E-state index contributed by atoms with van der Waals surface area (Å²) >= 11 is 0. The molecule has 1 atom stereocenters. The molecule has 2 aromatic heterocycles. The fraction of sp³-hybridized carbons (Fsp3) is 0.292. The lowest BCUT2D eigenvalue weighted by molar-refractivity contribution is 0.0827. The van der Waals surface area contributed by atoms with Crippen LogP contribution < -0.4 is 10.1 Å². The SMILES string of the molecule is CN(C)C(=O)c1ccc(Oc2ncc(Nc3ccccn3)cc2CC2CCOC2)cc1. The van der Waals surface area contributed by atoms with E-state index in [1.807, 2.05) is 18.2 Å². The van der Waals surface area contributed by atoms with E-state index < -0.39 is 0 Å². The summed E-state index contributed by atoms with van der Waals surface area (Å²) in [6, 6.07) is 14.9. The van der Waals surface area contributed by atoms with E-state index in [1.54, 1.807) is 55.7 Å². The van der Waals surface area contributed by atoms with Crippen molar-refractivity contribution in [2.45, 2.75) is 12.8 Å². The molecule has 1 unspecified atom stereocenters. The van der Waals surface area contributed by atoms with Gasteiger partial charge in [0.15, 0.2) is 0 Å². The van der Waals surface area contributed by atoms with Crippen LogP contribution in [0.4, 0.5) is 11.5 Å². The predicted molar refractivity (Wildman–Crippen MR) is 119 cm³/mol. The third-order valence-electron chi connectivity index (χ3n) is 5.12. The minimum atomic E-state index is -0.0449. The van der Waals surface area contributed by atoms with Crippen LogP contribution in [0, 0.1) is 5.92 Å². The number of anilines is 2. The number of pyridine rings is 2. The van der Waals surface area contributed by atoms with Crippen LogP contribution in [0.3, 0.4) is 0 Å². The first kappa shape index (κ1) is 20.8. The number of carbonyl (C=O) groups excluding carboxylic acids is 1. The number of aromatic nitrogens is 2. The first-order valence-electron chi connectivity index (χ1n) is 10.3. The molecule has 1 N–H and O–H groups in total. The molecular weight excluding hydrogens is 392 g/mol. The maximum absolute atomic E-state index is 12.1. The number of amides is 1. The minimum Gasteiger partial charge on any atom is -0.439 e. The molecule has 31 heavy (non-hydrogen) atoms. The van der Waals surface area contributed by atoms with Crippen molar-refractivity contribution in [2.75, 3.05) is 32.6 Å². The Morgan fingerprint density at radius 2 is 2.03 bits per heavy atom. The summed E-state index contributed by atoms with van der Waals surface area (Å²) in [5.41, 5.74) is 2.47. The molecule has 3 aromatic rings. The van der Waals surface area contributed by atoms with Crippen molar-refractivity contribution in [2.24, 2.45) is 5.92 Å². The number of carbonyl (C=O) groups is 1. The first-order valence-corrected chi connectivity index (χ1v) is 10.3. The van der Waals surface area contributed by atoms with E-state index in [0.717, 1.165) is 43.1 Å². The summed E-state index contributed by atoms with van der Waals surface area (Å²) in [5.74, 6) is 2.35. The Hall–Kier alpha value is -3.45. The summed E-state index contributed by atoms with van der Waals surface area (Å²) in [6.07, 6.45) is 5.33. The second kappa shape index (κ2) is 9.57. The lowest BCUT2D eigenvalue weighted by Gasteiger charge is -2.15. The number of hydrogen-bond donors (Lipinski definition) is 1. The van der Waals surface area contributed by atoms with Gasteiger partial charge in [-0.05, 0) is 61.2 Å². The Kier molecular flexibility index (Phi) is 6.43. The van der Waals surface area contributed by atoms with Gasteiger partial charge in [0.2, 0.25) is 5.88 Å². The average molecular weight is 418 g/mol. The monoisotopic (exact) mass is 418 g/mol. The van der Waals surface area contributed by atoms with Gasteiger partial charge < -0.3 is 19.7 Å². The Bertz CT molecular complexity index is 1020. The van der Waals surface area contributed by atoms with Gasteiger partial charge in [-0.25, -0.2) is 9.97 Å². The van der Waals surface area contributed by atoms with Crippen LogP contribution in [0.5, 0.6) is 11.6 Å². The molecule has 0 aliphatic carbocycles. The second-order valence-electron chi connectivity index (χ2n) is 7.79. The highest BCUT2D eigenvalue weighted by atomic mass is 16.5. The van der Waals surface area contributed by atoms with Crippen molar-refractivity contribution in [3.05, 3.63) is 72.1 Å². The molecule has 0 spiro atoms. The number of nitrogens with one attached hydrogen (secondary N) is 1. The maximum Gasteiger partial charge on any atom is 0.253 e. The smallest absolute Gasteiger partial charge is 0.253 e. The molecule has 1 amide bonds. The zero-order chi connectivity index (χ0) is 21.6. The van der Waals surface area contributed by atoms with Crippen molar-refractivity contribution >= 4 is 17.4 Å². The van der Waals surface area contributed by atoms with Gasteiger partial charge >= 0.3 is 0 Å². The Morgan fingerprint density at radius 1 is 1.19 bits per heavy atom. The molecule has 7 heteroatoms. The highest BCUT2D eigenvalue weighted by Gasteiger charge is 2.20. The summed E-state index contributed by atoms with van der Waals surface area (Å²) in [4.78, 5) is 22.5. The van der Waals surface area contributed by atoms with Crippen LogP contribution >= 0.6 is 0 Å². The Labute approximate surface area is 182 Å². The standard InChI is InChI=1S/C24H26N4O3/c1-28(2)24(29)18-6-8-21(9-7-18)31-23-19(13-17-10-12-30-16-17)14-20(15-26-23)27-22-5-3-4-11-25-22/h3-9,11,14-15,17H,10,12-13,16H2,1-2H3,(H,25,27). The van der Waals surface area contributed by atoms with E-state index in [9.17, 15) is 4.79 Å². The third kappa shape index (κ3) is 5.38. The van der Waals surface area contributed by atoms with Gasteiger partial charge in [0.25, 0.3) is 5.91 Å². The van der Waals surface area contributed by atoms with Gasteiger partial charge in [-0.2, -0.15) is 0 Å². The van der Waals surface area contributed by atoms with Gasteiger partial charge in [0.1, 0.15) is 11.6 Å². The zero-order valence-corrected chi connectivity index (χ0v) is 17.7. The molecular formula is C24H26N4O3. The molecule has 3 heterocycles. The molecule has 4 rings (SSSR count). The van der Waals surface area contributed by atoms with Crippen molar-refractivity contribution in [3.8, 4) is 11.6 Å². The van der Waals surface area contributed by atoms with E-state index in [1.165, 1.54) is 0 Å². The maximum atomic E-state index is 12.1. The molecule has 160 valence electrons. The Balaban J connectivity index is 1.55. The third-order valence-corrected chi connectivity index (χ3v) is 5.12. The van der Waals surface area contributed by atoms with Crippen molar-refractivity contribution in [1.29, 1.82) is 0 Å². The highest BCUT2D eigenvalue weighted by Crippen LogP contribution is 2.30. The second-order valence-corrected chi connectivity index (χ2v) is 7.79. The number of rotatable bonds is 7. The topological polar surface area (TPSA) is 76.6 Å². The van der Waals surface area contributed by atoms with Crippen LogP contribution in [0.1, 0.15) is 22.3 Å². The van der Waals surface area contributed by atoms with Crippen LogP contribution in [0.15, 0.2) is 60.9 Å². The number of hydrogen-bond acceptors (Lipinski definition) is 6. The normalized spacial score (nSPS) is 15.5. The molecule has 1 aromatic carbocycles. The summed E-state index contributed by atoms with van der Waals surface area (Å²) in [7, 11) is 3.46. The number of ether oxygens (including phenoxy) is 2. The first-order chi connectivity index (χ1) is 15.1. The lowest BCUT2D eigenvalue weighted by atomic mass is 9.99. The lowest BCUT2D eigenvalue weighted by Crippen LogP contribution is -2.21. The Morgan fingerprint density at radius 3 is 2.71 bits per heavy atom. The molecule has 1 fully saturated rings. The van der Waals surface area contributed by atoms with Crippen molar-refractivity contribution < 1.29 is 14.3 Å². The molecule has 0 radical (unpaired) electrons. The largest absolute Gasteiger partial charge is 0.439 e. The average Bonchev–Trinajstić information content (AvgIpc) is 3.29. The van der Waals surface area contributed by atoms with E-state index in [4.69, 9.17) is 9.47 Å². The predicted octanol–water partition coefficient (Wildman–Crippen LogP) is 4.29. The van der Waals surface area contributed by atoms with Crippen LogP contribution in [0.2, 0.25) is 0 Å². The van der Waals surface area contributed by atoms with Crippen LogP contribution in [-0.4, -0.2) is 48.1 Å². The van der Waals surface area contributed by atoms with Crippen molar-refractivity contribution in [3.63, 3.8) is 0 Å². The number of nitrogens with zero attached hydrogens (tertiary/aromatic N) is 3. The molecule has 1 saturated heterocycles. The molecule has 7 nitrogen and oxygen atoms in total. The molecule has 1 aliphatic heterocycles. The summed E-state index contributed by atoms with van der Waals surface area (Å²) in [5, 5.41) is 3.29. The quantitative estimate of drug-likeness (QED) is 0.617. The van der Waals surface area contributed by atoms with Gasteiger partial charge in [0, 0.05) is 44.6 Å². The van der Waals surface area contributed by atoms with Gasteiger partial charge in [-0.15, -0.1) is 0 Å². The van der Waals surface area contributed by atoms with Gasteiger partial charge in [-0.1, -0.05) is 6.07 Å². The fourth-order valence-corrected chi connectivity index (χ4v) is 3.48. The van der Waals surface area contributed by atoms with Crippen molar-refractivity contribution in [1.82, 2.24) is 14.9 Å². The highest BCUT2D eigenvalue weighted by molar-refractivity contribution is 5.93. The van der Waals surface area contributed by atoms with Crippen LogP contribution in [0.25, 0.3) is 0 Å².